The number of aliphatic imine (C=N–C) groups is 1. The number of hydrogen-bond acceptors (Lipinski definition) is 6. The molecule has 134 valence electrons. The lowest BCUT2D eigenvalue weighted by Crippen LogP contribution is -2.50. The molecule has 2 heterocycles. The summed E-state index contributed by atoms with van der Waals surface area (Å²) in [5.41, 5.74) is 3.71. The summed E-state index contributed by atoms with van der Waals surface area (Å²) in [5, 5.41) is 8.65. The summed E-state index contributed by atoms with van der Waals surface area (Å²) in [6.07, 6.45) is 2.76. The molecule has 3 rings (SSSR count). The van der Waals surface area contributed by atoms with Gasteiger partial charge in [0.15, 0.2) is 0 Å². The van der Waals surface area contributed by atoms with E-state index in [-0.39, 0.29) is 5.56 Å². The first-order valence-electron chi connectivity index (χ1n) is 8.13. The Bertz CT molecular complexity index is 819. The molecule has 0 spiro atoms. The molecule has 0 atom stereocenters. The van der Waals surface area contributed by atoms with Gasteiger partial charge >= 0.3 is 0 Å². The summed E-state index contributed by atoms with van der Waals surface area (Å²) in [6, 6.07) is 9.99. The van der Waals surface area contributed by atoms with Crippen LogP contribution in [0.25, 0.3) is 5.70 Å². The molecular weight excluding hydrogens is 332 g/mol. The number of amidine groups is 1. The van der Waals surface area contributed by atoms with E-state index in [4.69, 9.17) is 5.21 Å². The predicted molar refractivity (Wildman–Crippen MR) is 99.0 cm³/mol. The fourth-order valence-corrected chi connectivity index (χ4v) is 2.79. The van der Waals surface area contributed by atoms with Crippen molar-refractivity contribution >= 4 is 23.4 Å². The van der Waals surface area contributed by atoms with Crippen molar-refractivity contribution in [3.8, 4) is 0 Å². The van der Waals surface area contributed by atoms with Crippen LogP contribution < -0.4 is 10.4 Å². The molecule has 2 N–H and O–H groups in total. The highest BCUT2D eigenvalue weighted by molar-refractivity contribution is 5.95. The summed E-state index contributed by atoms with van der Waals surface area (Å²) in [6.45, 7) is 6.14. The molecule has 0 bridgehead atoms. The highest BCUT2D eigenvalue weighted by atomic mass is 16.5. The first kappa shape index (κ1) is 17.6. The first-order chi connectivity index (χ1) is 12.6. The van der Waals surface area contributed by atoms with Crippen molar-refractivity contribution in [2.75, 3.05) is 31.6 Å². The number of nitrogens with one attached hydrogen (secondary N) is 1. The highest BCUT2D eigenvalue weighted by Gasteiger charge is 2.25. The third-order valence-corrected chi connectivity index (χ3v) is 4.21. The van der Waals surface area contributed by atoms with Crippen LogP contribution in [0.2, 0.25) is 0 Å². The van der Waals surface area contributed by atoms with Crippen LogP contribution in [0.1, 0.15) is 15.9 Å². The van der Waals surface area contributed by atoms with Gasteiger partial charge in [-0.3, -0.25) is 15.0 Å². The Morgan fingerprint density at radius 2 is 1.88 bits per heavy atom. The Labute approximate surface area is 151 Å². The second kappa shape index (κ2) is 7.75. The maximum absolute atomic E-state index is 11.4. The van der Waals surface area contributed by atoms with Crippen molar-refractivity contribution in [3.05, 3.63) is 60.4 Å². The SMILES string of the molecule is C=C(c1ccccc1)N1CCN(c2ncc(C(=O)NO)cn2)CC1=NC. The molecule has 0 saturated carbocycles. The molecular formula is C18H20N6O2. The minimum Gasteiger partial charge on any atom is -0.332 e. The molecule has 1 aromatic carbocycles. The molecule has 8 heteroatoms. The van der Waals surface area contributed by atoms with E-state index in [1.165, 1.54) is 12.4 Å². The molecule has 0 aliphatic carbocycles. The van der Waals surface area contributed by atoms with Gasteiger partial charge in [-0.05, 0) is 5.56 Å². The van der Waals surface area contributed by atoms with E-state index in [9.17, 15) is 4.79 Å². The number of amides is 1. The Morgan fingerprint density at radius 1 is 1.19 bits per heavy atom. The van der Waals surface area contributed by atoms with Crippen LogP contribution in [-0.4, -0.2) is 58.5 Å². The lowest BCUT2D eigenvalue weighted by atomic mass is 10.1. The smallest absolute Gasteiger partial charge is 0.277 e. The molecule has 1 aromatic heterocycles. The largest absolute Gasteiger partial charge is 0.332 e. The van der Waals surface area contributed by atoms with E-state index >= 15 is 0 Å². The third kappa shape index (κ3) is 3.55. The number of benzene rings is 1. The number of rotatable bonds is 4. The maximum Gasteiger partial charge on any atom is 0.277 e. The van der Waals surface area contributed by atoms with Gasteiger partial charge in [0, 0.05) is 38.2 Å². The Hall–Kier alpha value is -3.26. The van der Waals surface area contributed by atoms with E-state index in [1.54, 1.807) is 12.5 Å². The normalized spacial score (nSPS) is 15.8. The quantitative estimate of drug-likeness (QED) is 0.638. The zero-order valence-electron chi connectivity index (χ0n) is 14.5. The minimum atomic E-state index is -0.642. The minimum absolute atomic E-state index is 0.191. The van der Waals surface area contributed by atoms with Crippen molar-refractivity contribution < 1.29 is 10.0 Å². The van der Waals surface area contributed by atoms with Crippen LogP contribution in [0.15, 0.2) is 54.3 Å². The van der Waals surface area contributed by atoms with Gasteiger partial charge < -0.3 is 9.80 Å². The van der Waals surface area contributed by atoms with Crippen LogP contribution in [0.3, 0.4) is 0 Å². The van der Waals surface area contributed by atoms with E-state index in [2.05, 4.69) is 26.4 Å². The Kier molecular flexibility index (Phi) is 5.23. The number of anilines is 1. The average Bonchev–Trinajstić information content (AvgIpc) is 2.73. The monoisotopic (exact) mass is 352 g/mol. The molecule has 0 radical (unpaired) electrons. The second-order valence-corrected chi connectivity index (χ2v) is 5.74. The fourth-order valence-electron chi connectivity index (χ4n) is 2.79. The number of hydroxylamine groups is 1. The molecule has 1 amide bonds. The van der Waals surface area contributed by atoms with Crippen LogP contribution in [0.5, 0.6) is 0 Å². The van der Waals surface area contributed by atoms with Crippen molar-refractivity contribution in [3.63, 3.8) is 0 Å². The standard InChI is InChI=1S/C18H20N6O2/c1-13(14-6-4-3-5-7-14)24-9-8-23(12-16(24)19-2)18-20-10-15(11-21-18)17(25)22-26/h3-7,10-11,26H,1,8-9,12H2,2H3,(H,22,25). The molecule has 1 saturated heterocycles. The molecule has 1 aliphatic rings. The molecule has 2 aromatic rings. The number of aromatic nitrogens is 2. The van der Waals surface area contributed by atoms with Gasteiger partial charge in [0.2, 0.25) is 5.95 Å². The summed E-state index contributed by atoms with van der Waals surface area (Å²) < 4.78 is 0. The van der Waals surface area contributed by atoms with Crippen LogP contribution in [0, 0.1) is 0 Å². The molecule has 0 unspecified atom stereocenters. The van der Waals surface area contributed by atoms with Gasteiger partial charge in [-0.15, -0.1) is 0 Å². The molecule has 26 heavy (non-hydrogen) atoms. The van der Waals surface area contributed by atoms with E-state index in [0.717, 1.165) is 17.1 Å². The number of piperazine rings is 1. The lowest BCUT2D eigenvalue weighted by molar-refractivity contribution is 0.0705. The third-order valence-electron chi connectivity index (χ3n) is 4.21. The Balaban J connectivity index is 1.74. The van der Waals surface area contributed by atoms with Crippen LogP contribution in [-0.2, 0) is 0 Å². The topological polar surface area (TPSA) is 94.0 Å². The van der Waals surface area contributed by atoms with Gasteiger partial charge in [-0.2, -0.15) is 0 Å². The van der Waals surface area contributed by atoms with Crippen molar-refractivity contribution in [2.24, 2.45) is 4.99 Å². The van der Waals surface area contributed by atoms with E-state index < -0.39 is 5.91 Å². The van der Waals surface area contributed by atoms with Crippen LogP contribution >= 0.6 is 0 Å². The van der Waals surface area contributed by atoms with Crippen molar-refractivity contribution in [2.45, 2.75) is 0 Å². The number of carbonyl (C=O) groups excluding carboxylic acids is 1. The molecule has 1 aliphatic heterocycles. The van der Waals surface area contributed by atoms with Gasteiger partial charge in [-0.25, -0.2) is 15.4 Å². The zero-order chi connectivity index (χ0) is 18.5. The summed E-state index contributed by atoms with van der Waals surface area (Å²) in [5.74, 6) is 0.729. The number of nitrogens with zero attached hydrogens (tertiary/aromatic N) is 5. The number of hydrogen-bond donors (Lipinski definition) is 2. The van der Waals surface area contributed by atoms with Crippen molar-refractivity contribution in [1.82, 2.24) is 20.3 Å². The Morgan fingerprint density at radius 3 is 2.50 bits per heavy atom. The maximum atomic E-state index is 11.4. The van der Waals surface area contributed by atoms with E-state index in [1.807, 2.05) is 35.2 Å². The summed E-state index contributed by atoms with van der Waals surface area (Å²) in [4.78, 5) is 28.3. The summed E-state index contributed by atoms with van der Waals surface area (Å²) >= 11 is 0. The van der Waals surface area contributed by atoms with Crippen molar-refractivity contribution in [1.29, 1.82) is 0 Å². The second-order valence-electron chi connectivity index (χ2n) is 5.74. The van der Waals surface area contributed by atoms with Crippen LogP contribution in [0.4, 0.5) is 5.95 Å². The average molecular weight is 352 g/mol. The molecule has 8 nitrogen and oxygen atoms in total. The van der Waals surface area contributed by atoms with E-state index in [0.29, 0.717) is 25.6 Å². The van der Waals surface area contributed by atoms with Gasteiger partial charge in [0.05, 0.1) is 12.1 Å². The molecule has 1 fully saturated rings. The zero-order valence-corrected chi connectivity index (χ0v) is 14.5. The predicted octanol–water partition coefficient (Wildman–Crippen LogP) is 1.42. The van der Waals surface area contributed by atoms with Gasteiger partial charge in [0.1, 0.15) is 5.84 Å². The first-order valence-corrected chi connectivity index (χ1v) is 8.13. The highest BCUT2D eigenvalue weighted by Crippen LogP contribution is 2.21. The van der Waals surface area contributed by atoms with Gasteiger partial charge in [0.25, 0.3) is 5.91 Å². The van der Waals surface area contributed by atoms with Gasteiger partial charge in [-0.1, -0.05) is 36.9 Å². The fraction of sp³-hybridized carbons (Fsp3) is 0.222. The summed E-state index contributed by atoms with van der Waals surface area (Å²) in [7, 11) is 1.75. The lowest BCUT2D eigenvalue weighted by Gasteiger charge is -2.38. The number of carbonyl (C=O) groups is 1.